The van der Waals surface area contributed by atoms with Gasteiger partial charge in [0.2, 0.25) is 0 Å². The molecule has 1 aromatic carbocycles. The Morgan fingerprint density at radius 3 is 2.66 bits per heavy atom. The molecule has 0 bridgehead atoms. The monoisotopic (exact) mass is 436 g/mol. The Hall–Kier alpha value is -3.88. The molecule has 5 aromatic rings. The fourth-order valence-corrected chi connectivity index (χ4v) is 3.94. The smallest absolute Gasteiger partial charge is 0.160 e. The largest absolute Gasteiger partial charge is 0.370 e. The molecule has 6 nitrogen and oxygen atoms in total. The van der Waals surface area contributed by atoms with Crippen LogP contribution < -0.4 is 5.32 Å². The Balaban J connectivity index is 1.47. The van der Waals surface area contributed by atoms with Crippen LogP contribution in [0.4, 0.5) is 19.0 Å². The fourth-order valence-electron chi connectivity index (χ4n) is 3.94. The standard InChI is InChI=1S/C23H19F3N6/c1-12-9-29-32-21(8-20(31-23(12)32)14-5-16(25)11-27-10-14)28-4-3-17-13(2)30-22-18(17)6-15(24)7-19(22)26/h5-11,28,30H,3-4H2,1-2H3. The zero-order chi connectivity index (χ0) is 22.4. The highest BCUT2D eigenvalue weighted by molar-refractivity contribution is 5.85. The van der Waals surface area contributed by atoms with E-state index in [2.05, 4.69) is 25.4 Å². The van der Waals surface area contributed by atoms with Crippen LogP contribution in [0.3, 0.4) is 0 Å². The lowest BCUT2D eigenvalue weighted by molar-refractivity contribution is 0.591. The van der Waals surface area contributed by atoms with Gasteiger partial charge in [-0.3, -0.25) is 4.98 Å². The molecule has 32 heavy (non-hydrogen) atoms. The highest BCUT2D eigenvalue weighted by atomic mass is 19.1. The second-order valence-electron chi connectivity index (χ2n) is 7.70. The van der Waals surface area contributed by atoms with E-state index in [1.165, 1.54) is 12.1 Å². The Morgan fingerprint density at radius 2 is 1.84 bits per heavy atom. The molecule has 0 fully saturated rings. The molecule has 162 valence electrons. The van der Waals surface area contributed by atoms with Gasteiger partial charge in [-0.05, 0) is 38.0 Å². The first-order chi connectivity index (χ1) is 15.4. The van der Waals surface area contributed by atoms with Crippen molar-refractivity contribution in [3.63, 3.8) is 0 Å². The van der Waals surface area contributed by atoms with Crippen LogP contribution in [-0.4, -0.2) is 31.1 Å². The van der Waals surface area contributed by atoms with Crippen LogP contribution in [0.2, 0.25) is 0 Å². The molecule has 2 N–H and O–H groups in total. The first-order valence-electron chi connectivity index (χ1n) is 10.1. The summed E-state index contributed by atoms with van der Waals surface area (Å²) >= 11 is 0. The van der Waals surface area contributed by atoms with Gasteiger partial charge < -0.3 is 10.3 Å². The van der Waals surface area contributed by atoms with Crippen molar-refractivity contribution in [2.75, 3.05) is 11.9 Å². The predicted molar refractivity (Wildman–Crippen MR) is 116 cm³/mol. The normalized spacial score (nSPS) is 11.5. The Labute approximate surface area is 181 Å². The van der Waals surface area contributed by atoms with Crippen molar-refractivity contribution >= 4 is 22.4 Å². The molecule has 0 saturated heterocycles. The van der Waals surface area contributed by atoms with Crippen LogP contribution in [0, 0.1) is 31.3 Å². The van der Waals surface area contributed by atoms with E-state index in [4.69, 9.17) is 0 Å². The highest BCUT2D eigenvalue weighted by Gasteiger charge is 2.15. The lowest BCUT2D eigenvalue weighted by Crippen LogP contribution is -2.10. The molecule has 4 aromatic heterocycles. The number of aromatic nitrogens is 5. The van der Waals surface area contributed by atoms with Crippen LogP contribution >= 0.6 is 0 Å². The van der Waals surface area contributed by atoms with Crippen molar-refractivity contribution < 1.29 is 13.2 Å². The minimum absolute atomic E-state index is 0.300. The molecule has 5 rings (SSSR count). The van der Waals surface area contributed by atoms with Gasteiger partial charge in [0.15, 0.2) is 5.65 Å². The summed E-state index contributed by atoms with van der Waals surface area (Å²) in [6, 6.07) is 5.36. The molecular formula is C23H19F3N6. The van der Waals surface area contributed by atoms with E-state index in [-0.39, 0.29) is 0 Å². The minimum atomic E-state index is -0.612. The van der Waals surface area contributed by atoms with Gasteiger partial charge in [0, 0.05) is 47.1 Å². The summed E-state index contributed by atoms with van der Waals surface area (Å²) in [7, 11) is 0. The highest BCUT2D eigenvalue weighted by Crippen LogP contribution is 2.27. The molecule has 0 saturated carbocycles. The molecule has 0 aliphatic heterocycles. The van der Waals surface area contributed by atoms with Crippen molar-refractivity contribution in [2.45, 2.75) is 20.3 Å². The van der Waals surface area contributed by atoms with Crippen molar-refractivity contribution in [3.05, 3.63) is 77.1 Å². The molecule has 0 radical (unpaired) electrons. The predicted octanol–water partition coefficient (Wildman–Crippen LogP) is 4.96. The maximum atomic E-state index is 14.1. The SMILES string of the molecule is Cc1[nH]c2c(F)cc(F)cc2c1CCNc1cc(-c2cncc(F)c2)nc2c(C)cnn12. The van der Waals surface area contributed by atoms with E-state index >= 15 is 0 Å². The molecule has 4 heterocycles. The summed E-state index contributed by atoms with van der Waals surface area (Å²) in [6.07, 6.45) is 4.92. The number of rotatable bonds is 5. The zero-order valence-electron chi connectivity index (χ0n) is 17.4. The van der Waals surface area contributed by atoms with Gasteiger partial charge in [0.05, 0.1) is 23.6 Å². The van der Waals surface area contributed by atoms with Gasteiger partial charge in [-0.25, -0.2) is 18.2 Å². The number of anilines is 1. The zero-order valence-corrected chi connectivity index (χ0v) is 17.4. The molecule has 0 amide bonds. The average molecular weight is 436 g/mol. The lowest BCUT2D eigenvalue weighted by atomic mass is 10.1. The number of benzene rings is 1. The number of fused-ring (bicyclic) bond motifs is 2. The number of hydrogen-bond donors (Lipinski definition) is 2. The number of pyridine rings is 1. The van der Waals surface area contributed by atoms with Crippen molar-refractivity contribution in [1.29, 1.82) is 0 Å². The van der Waals surface area contributed by atoms with Crippen molar-refractivity contribution in [1.82, 2.24) is 24.6 Å². The summed E-state index contributed by atoms with van der Waals surface area (Å²) in [5.74, 6) is -1.01. The molecule has 0 atom stereocenters. The van der Waals surface area contributed by atoms with E-state index in [1.807, 2.05) is 13.8 Å². The van der Waals surface area contributed by atoms with E-state index < -0.39 is 17.5 Å². The quantitative estimate of drug-likeness (QED) is 0.409. The van der Waals surface area contributed by atoms with Gasteiger partial charge in [0.1, 0.15) is 23.3 Å². The third-order valence-corrected chi connectivity index (χ3v) is 5.48. The Kier molecular flexibility index (Phi) is 4.80. The van der Waals surface area contributed by atoms with Crippen LogP contribution in [0.1, 0.15) is 16.8 Å². The van der Waals surface area contributed by atoms with Crippen molar-refractivity contribution in [2.24, 2.45) is 0 Å². The molecule has 0 aliphatic carbocycles. The molecule has 9 heteroatoms. The van der Waals surface area contributed by atoms with Gasteiger partial charge >= 0.3 is 0 Å². The van der Waals surface area contributed by atoms with Gasteiger partial charge in [0.25, 0.3) is 0 Å². The number of aromatic amines is 1. The van der Waals surface area contributed by atoms with E-state index in [1.54, 1.807) is 23.0 Å². The molecule has 0 aliphatic rings. The summed E-state index contributed by atoms with van der Waals surface area (Å²) in [4.78, 5) is 11.5. The lowest BCUT2D eigenvalue weighted by Gasteiger charge is -2.11. The molecule has 0 spiro atoms. The minimum Gasteiger partial charge on any atom is -0.370 e. The van der Waals surface area contributed by atoms with Crippen LogP contribution in [0.25, 0.3) is 27.8 Å². The van der Waals surface area contributed by atoms with Crippen molar-refractivity contribution in [3.8, 4) is 11.3 Å². The Bertz CT molecular complexity index is 1470. The second-order valence-corrected chi connectivity index (χ2v) is 7.70. The summed E-state index contributed by atoms with van der Waals surface area (Å²) in [6.45, 7) is 4.21. The third-order valence-electron chi connectivity index (χ3n) is 5.48. The molecular weight excluding hydrogens is 417 g/mol. The van der Waals surface area contributed by atoms with E-state index in [0.717, 1.165) is 29.1 Å². The number of hydrogen-bond acceptors (Lipinski definition) is 4. The average Bonchev–Trinajstić information content (AvgIpc) is 3.28. The van der Waals surface area contributed by atoms with E-state index in [0.29, 0.717) is 46.6 Å². The van der Waals surface area contributed by atoms with Gasteiger partial charge in [-0.15, -0.1) is 0 Å². The van der Waals surface area contributed by atoms with Gasteiger partial charge in [-0.2, -0.15) is 9.61 Å². The van der Waals surface area contributed by atoms with Crippen LogP contribution in [-0.2, 0) is 6.42 Å². The van der Waals surface area contributed by atoms with Gasteiger partial charge in [-0.1, -0.05) is 0 Å². The first kappa shape index (κ1) is 20.0. The molecule has 0 unspecified atom stereocenters. The Morgan fingerprint density at radius 1 is 1.00 bits per heavy atom. The maximum Gasteiger partial charge on any atom is 0.160 e. The number of nitrogens with one attached hydrogen (secondary N) is 2. The topological polar surface area (TPSA) is 70.9 Å². The maximum absolute atomic E-state index is 14.1. The number of H-pyrrole nitrogens is 1. The third kappa shape index (κ3) is 3.45. The van der Waals surface area contributed by atoms with Crippen LogP contribution in [0.5, 0.6) is 0 Å². The number of nitrogens with zero attached hydrogens (tertiary/aromatic N) is 4. The van der Waals surface area contributed by atoms with E-state index in [9.17, 15) is 13.2 Å². The fraction of sp³-hybridized carbons (Fsp3) is 0.174. The first-order valence-corrected chi connectivity index (χ1v) is 10.1. The summed E-state index contributed by atoms with van der Waals surface area (Å²) in [5, 5.41) is 8.23. The number of halogens is 3. The number of aryl methyl sites for hydroxylation is 2. The summed E-state index contributed by atoms with van der Waals surface area (Å²) < 4.78 is 43.2. The van der Waals surface area contributed by atoms with Crippen LogP contribution in [0.15, 0.2) is 42.9 Å². The second kappa shape index (κ2) is 7.67. The summed E-state index contributed by atoms with van der Waals surface area (Å²) in [5.41, 5.74) is 4.54.